The van der Waals surface area contributed by atoms with Gasteiger partial charge in [0.2, 0.25) is 0 Å². The normalized spacial score (nSPS) is 23.2. The number of nitrogens with zero attached hydrogens (tertiary/aromatic N) is 1. The van der Waals surface area contributed by atoms with Crippen LogP contribution in [0.5, 0.6) is 0 Å². The van der Waals surface area contributed by atoms with Gasteiger partial charge in [0.25, 0.3) is 0 Å². The van der Waals surface area contributed by atoms with Gasteiger partial charge in [0.15, 0.2) is 0 Å². The predicted molar refractivity (Wildman–Crippen MR) is 79.7 cm³/mol. The number of nitrogens with one attached hydrogen (secondary N) is 1. The third-order valence-corrected chi connectivity index (χ3v) is 4.19. The number of halogens is 1. The standard InChI is InChI=1S/C15H23ClN2/c1-5-12-9-17-15(3,4)10-18(12)13-7-6-11(2)14(16)8-13/h6-8,12,17H,5,9-10H2,1-4H3. The van der Waals surface area contributed by atoms with Gasteiger partial charge in [-0.05, 0) is 44.9 Å². The van der Waals surface area contributed by atoms with Gasteiger partial charge in [0.1, 0.15) is 0 Å². The van der Waals surface area contributed by atoms with Crippen molar-refractivity contribution in [3.05, 3.63) is 28.8 Å². The second-order valence-electron chi connectivity index (χ2n) is 5.89. The van der Waals surface area contributed by atoms with Gasteiger partial charge in [0, 0.05) is 35.4 Å². The molecule has 1 heterocycles. The van der Waals surface area contributed by atoms with E-state index in [0.717, 1.165) is 30.1 Å². The molecule has 0 aliphatic carbocycles. The van der Waals surface area contributed by atoms with Crippen molar-refractivity contribution in [2.75, 3.05) is 18.0 Å². The number of anilines is 1. The lowest BCUT2D eigenvalue weighted by Crippen LogP contribution is -2.61. The van der Waals surface area contributed by atoms with Crippen LogP contribution in [0.25, 0.3) is 0 Å². The van der Waals surface area contributed by atoms with Crippen LogP contribution in [-0.2, 0) is 0 Å². The summed E-state index contributed by atoms with van der Waals surface area (Å²) in [6.45, 7) is 10.8. The van der Waals surface area contributed by atoms with E-state index in [2.05, 4.69) is 49.2 Å². The average Bonchev–Trinajstić information content (AvgIpc) is 2.32. The highest BCUT2D eigenvalue weighted by molar-refractivity contribution is 6.31. The summed E-state index contributed by atoms with van der Waals surface area (Å²) in [7, 11) is 0. The molecule has 1 unspecified atom stereocenters. The van der Waals surface area contributed by atoms with E-state index in [4.69, 9.17) is 11.6 Å². The molecule has 1 fully saturated rings. The number of aryl methyl sites for hydroxylation is 1. The van der Waals surface area contributed by atoms with Gasteiger partial charge >= 0.3 is 0 Å². The molecule has 1 saturated heterocycles. The number of hydrogen-bond acceptors (Lipinski definition) is 2. The Morgan fingerprint density at radius 1 is 1.44 bits per heavy atom. The van der Waals surface area contributed by atoms with Gasteiger partial charge in [0.05, 0.1) is 0 Å². The molecular formula is C15H23ClN2. The van der Waals surface area contributed by atoms with Crippen molar-refractivity contribution >= 4 is 17.3 Å². The summed E-state index contributed by atoms with van der Waals surface area (Å²) in [5, 5.41) is 4.47. The van der Waals surface area contributed by atoms with E-state index in [1.54, 1.807) is 0 Å². The van der Waals surface area contributed by atoms with Crippen molar-refractivity contribution in [3.63, 3.8) is 0 Å². The van der Waals surface area contributed by atoms with E-state index >= 15 is 0 Å². The first kappa shape index (κ1) is 13.7. The van der Waals surface area contributed by atoms with E-state index < -0.39 is 0 Å². The Labute approximate surface area is 115 Å². The Balaban J connectivity index is 2.29. The third kappa shape index (κ3) is 2.81. The van der Waals surface area contributed by atoms with Crippen LogP contribution in [0, 0.1) is 6.92 Å². The van der Waals surface area contributed by atoms with E-state index in [-0.39, 0.29) is 5.54 Å². The lowest BCUT2D eigenvalue weighted by atomic mass is 9.96. The molecule has 0 saturated carbocycles. The molecule has 1 atom stereocenters. The van der Waals surface area contributed by atoms with E-state index in [1.165, 1.54) is 5.69 Å². The molecule has 1 aromatic carbocycles. The van der Waals surface area contributed by atoms with Crippen LogP contribution in [0.15, 0.2) is 18.2 Å². The van der Waals surface area contributed by atoms with E-state index in [9.17, 15) is 0 Å². The van der Waals surface area contributed by atoms with Crippen LogP contribution >= 0.6 is 11.6 Å². The first-order valence-corrected chi connectivity index (χ1v) is 7.08. The molecule has 18 heavy (non-hydrogen) atoms. The Kier molecular flexibility index (Phi) is 3.88. The summed E-state index contributed by atoms with van der Waals surface area (Å²) in [5.74, 6) is 0. The summed E-state index contributed by atoms with van der Waals surface area (Å²) >= 11 is 6.25. The summed E-state index contributed by atoms with van der Waals surface area (Å²) in [6, 6.07) is 6.95. The van der Waals surface area contributed by atoms with Gasteiger partial charge in [-0.25, -0.2) is 0 Å². The molecule has 1 aliphatic rings. The summed E-state index contributed by atoms with van der Waals surface area (Å²) in [6.07, 6.45) is 1.15. The molecule has 0 bridgehead atoms. The Bertz CT molecular complexity index is 429. The molecule has 1 aliphatic heterocycles. The van der Waals surface area contributed by atoms with Crippen molar-refractivity contribution in [2.45, 2.75) is 45.7 Å². The minimum atomic E-state index is 0.156. The number of rotatable bonds is 2. The SMILES string of the molecule is CCC1CNC(C)(C)CN1c1ccc(C)c(Cl)c1. The Morgan fingerprint density at radius 3 is 2.78 bits per heavy atom. The largest absolute Gasteiger partial charge is 0.365 e. The zero-order chi connectivity index (χ0) is 13.3. The summed E-state index contributed by atoms with van der Waals surface area (Å²) < 4.78 is 0. The Hall–Kier alpha value is -0.730. The van der Waals surface area contributed by atoms with Gasteiger partial charge in [-0.2, -0.15) is 0 Å². The fourth-order valence-electron chi connectivity index (χ4n) is 2.54. The molecule has 2 nitrogen and oxygen atoms in total. The topological polar surface area (TPSA) is 15.3 Å². The average molecular weight is 267 g/mol. The fourth-order valence-corrected chi connectivity index (χ4v) is 2.72. The van der Waals surface area contributed by atoms with Crippen LogP contribution in [0.2, 0.25) is 5.02 Å². The third-order valence-electron chi connectivity index (χ3n) is 3.78. The molecule has 1 aromatic rings. The zero-order valence-electron chi connectivity index (χ0n) is 11.8. The minimum absolute atomic E-state index is 0.156. The van der Waals surface area contributed by atoms with Crippen molar-refractivity contribution in [1.82, 2.24) is 5.32 Å². The summed E-state index contributed by atoms with van der Waals surface area (Å²) in [4.78, 5) is 2.49. The van der Waals surface area contributed by atoms with E-state index in [1.807, 2.05) is 6.92 Å². The van der Waals surface area contributed by atoms with Gasteiger partial charge in [-0.15, -0.1) is 0 Å². The highest BCUT2D eigenvalue weighted by atomic mass is 35.5. The number of hydrogen-bond donors (Lipinski definition) is 1. The maximum atomic E-state index is 6.25. The Morgan fingerprint density at radius 2 is 2.17 bits per heavy atom. The minimum Gasteiger partial charge on any atom is -0.365 e. The molecular weight excluding hydrogens is 244 g/mol. The lowest BCUT2D eigenvalue weighted by molar-refractivity contribution is 0.306. The number of piperazine rings is 1. The second-order valence-corrected chi connectivity index (χ2v) is 6.30. The highest BCUT2D eigenvalue weighted by Crippen LogP contribution is 2.28. The molecule has 0 radical (unpaired) electrons. The van der Waals surface area contributed by atoms with Gasteiger partial charge < -0.3 is 10.2 Å². The van der Waals surface area contributed by atoms with Crippen molar-refractivity contribution in [1.29, 1.82) is 0 Å². The van der Waals surface area contributed by atoms with Crippen LogP contribution in [0.4, 0.5) is 5.69 Å². The van der Waals surface area contributed by atoms with E-state index in [0.29, 0.717) is 6.04 Å². The first-order chi connectivity index (χ1) is 8.43. The smallest absolute Gasteiger partial charge is 0.0455 e. The van der Waals surface area contributed by atoms with Gasteiger partial charge in [-0.1, -0.05) is 24.6 Å². The van der Waals surface area contributed by atoms with Crippen molar-refractivity contribution < 1.29 is 0 Å². The zero-order valence-corrected chi connectivity index (χ0v) is 12.5. The molecule has 2 rings (SSSR count). The second kappa shape index (κ2) is 5.10. The van der Waals surface area contributed by atoms with Crippen molar-refractivity contribution in [2.24, 2.45) is 0 Å². The first-order valence-electron chi connectivity index (χ1n) is 6.71. The molecule has 3 heteroatoms. The lowest BCUT2D eigenvalue weighted by Gasteiger charge is -2.46. The molecule has 0 amide bonds. The van der Waals surface area contributed by atoms with Gasteiger partial charge in [-0.3, -0.25) is 0 Å². The maximum absolute atomic E-state index is 6.25. The number of benzene rings is 1. The van der Waals surface area contributed by atoms with Crippen LogP contribution in [-0.4, -0.2) is 24.7 Å². The fraction of sp³-hybridized carbons (Fsp3) is 0.600. The van der Waals surface area contributed by atoms with Crippen LogP contribution in [0.1, 0.15) is 32.8 Å². The molecule has 100 valence electrons. The molecule has 0 aromatic heterocycles. The monoisotopic (exact) mass is 266 g/mol. The quantitative estimate of drug-likeness (QED) is 0.880. The van der Waals surface area contributed by atoms with Crippen molar-refractivity contribution in [3.8, 4) is 0 Å². The van der Waals surface area contributed by atoms with Crippen LogP contribution in [0.3, 0.4) is 0 Å². The highest BCUT2D eigenvalue weighted by Gasteiger charge is 2.31. The predicted octanol–water partition coefficient (Wildman–Crippen LogP) is 3.62. The molecule has 1 N–H and O–H groups in total. The molecule has 0 spiro atoms. The summed E-state index contributed by atoms with van der Waals surface area (Å²) in [5.41, 5.74) is 2.54. The van der Waals surface area contributed by atoms with Crippen LogP contribution < -0.4 is 10.2 Å². The maximum Gasteiger partial charge on any atom is 0.0455 e.